The fourth-order valence-corrected chi connectivity index (χ4v) is 3.47. The number of carbonyl (C=O) groups excluding carboxylic acids is 2. The zero-order valence-electron chi connectivity index (χ0n) is 19.0. The van der Waals surface area contributed by atoms with E-state index in [2.05, 4.69) is 33.5 Å². The Hall–Kier alpha value is -3.09. The van der Waals surface area contributed by atoms with Crippen molar-refractivity contribution in [1.29, 1.82) is 0 Å². The third-order valence-corrected chi connectivity index (χ3v) is 5.77. The van der Waals surface area contributed by atoms with Gasteiger partial charge in [-0.25, -0.2) is 0 Å². The Balaban J connectivity index is 1.82. The lowest BCUT2D eigenvalue weighted by Crippen LogP contribution is -2.30. The Morgan fingerprint density at radius 1 is 1.03 bits per heavy atom. The van der Waals surface area contributed by atoms with Gasteiger partial charge in [-0.3, -0.25) is 9.59 Å². The second kappa shape index (κ2) is 12.4. The molecule has 0 aromatic heterocycles. The van der Waals surface area contributed by atoms with Gasteiger partial charge in [-0.15, -0.1) is 0 Å². The molecular weight excluding hydrogens is 516 g/mol. The molecule has 176 valence electrons. The first-order valence-electron chi connectivity index (χ1n) is 10.9. The van der Waals surface area contributed by atoms with Crippen LogP contribution in [0.5, 0.6) is 5.75 Å². The van der Waals surface area contributed by atoms with Gasteiger partial charge < -0.3 is 15.4 Å². The van der Waals surface area contributed by atoms with Gasteiger partial charge in [0.15, 0.2) is 0 Å². The number of amides is 2. The summed E-state index contributed by atoms with van der Waals surface area (Å²) in [6.45, 7) is 4.60. The zero-order chi connectivity index (χ0) is 24.5. The topological polar surface area (TPSA) is 67.4 Å². The van der Waals surface area contributed by atoms with Crippen LogP contribution in [0.15, 0.2) is 76.9 Å². The van der Waals surface area contributed by atoms with Gasteiger partial charge in [0, 0.05) is 20.7 Å². The van der Waals surface area contributed by atoms with Gasteiger partial charge in [-0.1, -0.05) is 59.1 Å². The number of hydrogen-bond acceptors (Lipinski definition) is 3. The Bertz CT molecular complexity index is 1180. The molecule has 0 unspecified atom stereocenters. The number of rotatable bonds is 9. The Morgan fingerprint density at radius 3 is 2.41 bits per heavy atom. The van der Waals surface area contributed by atoms with Crippen LogP contribution in [0.3, 0.4) is 0 Å². The quantitative estimate of drug-likeness (QED) is 0.226. The molecule has 0 aliphatic carbocycles. The Morgan fingerprint density at radius 2 is 1.74 bits per heavy atom. The molecule has 3 aromatic rings. The van der Waals surface area contributed by atoms with Crippen LogP contribution in [0, 0.1) is 6.92 Å². The van der Waals surface area contributed by atoms with Crippen molar-refractivity contribution in [1.82, 2.24) is 5.32 Å². The number of aryl methyl sites for hydroxylation is 1. The second-order valence-electron chi connectivity index (χ2n) is 7.70. The molecule has 0 saturated heterocycles. The van der Waals surface area contributed by atoms with E-state index in [-0.39, 0.29) is 5.70 Å². The van der Waals surface area contributed by atoms with Gasteiger partial charge in [0.05, 0.1) is 6.61 Å². The number of unbranched alkanes of at least 4 members (excludes halogenated alkanes) is 1. The molecule has 2 amide bonds. The van der Waals surface area contributed by atoms with Crippen molar-refractivity contribution in [3.63, 3.8) is 0 Å². The number of hydrogen-bond donors (Lipinski definition) is 2. The summed E-state index contributed by atoms with van der Waals surface area (Å²) in [6.07, 6.45) is 3.64. The van der Waals surface area contributed by atoms with Crippen LogP contribution in [-0.2, 0) is 4.79 Å². The van der Waals surface area contributed by atoms with Crippen molar-refractivity contribution in [3.8, 4) is 5.75 Å². The van der Waals surface area contributed by atoms with Crippen molar-refractivity contribution in [2.75, 3.05) is 11.9 Å². The number of halogens is 2. The highest BCUT2D eigenvalue weighted by Gasteiger charge is 2.16. The van der Waals surface area contributed by atoms with E-state index in [1.165, 1.54) is 0 Å². The standard InChI is InChI=1S/C27H26BrClN2O3/c1-3-4-15-34-23-13-8-20(9-14-23)26(32)31-25(16-19-6-10-21(28)11-7-19)27(33)30-24-17-22(29)12-5-18(24)2/h5-14,16-17H,3-4,15H2,1-2H3,(H,30,33)(H,31,32)/b25-16-. The van der Waals surface area contributed by atoms with E-state index in [0.29, 0.717) is 28.6 Å². The average molecular weight is 542 g/mol. The van der Waals surface area contributed by atoms with E-state index in [9.17, 15) is 9.59 Å². The smallest absolute Gasteiger partial charge is 0.272 e. The highest BCUT2D eigenvalue weighted by atomic mass is 79.9. The third kappa shape index (κ3) is 7.47. The number of benzene rings is 3. The monoisotopic (exact) mass is 540 g/mol. The number of carbonyl (C=O) groups is 2. The summed E-state index contributed by atoms with van der Waals surface area (Å²) in [4.78, 5) is 26.1. The van der Waals surface area contributed by atoms with Gasteiger partial charge in [0.2, 0.25) is 0 Å². The summed E-state index contributed by atoms with van der Waals surface area (Å²) >= 11 is 9.49. The highest BCUT2D eigenvalue weighted by Crippen LogP contribution is 2.21. The second-order valence-corrected chi connectivity index (χ2v) is 9.06. The molecule has 3 rings (SSSR count). The number of ether oxygens (including phenoxy) is 1. The minimum absolute atomic E-state index is 0.106. The normalized spacial score (nSPS) is 11.1. The maximum Gasteiger partial charge on any atom is 0.272 e. The predicted molar refractivity (Wildman–Crippen MR) is 141 cm³/mol. The van der Waals surface area contributed by atoms with Crippen molar-refractivity contribution < 1.29 is 14.3 Å². The first kappa shape index (κ1) is 25.5. The summed E-state index contributed by atoms with van der Waals surface area (Å²) < 4.78 is 6.57. The molecule has 34 heavy (non-hydrogen) atoms. The van der Waals surface area contributed by atoms with Crippen LogP contribution in [0.4, 0.5) is 5.69 Å². The molecule has 3 aromatic carbocycles. The molecule has 5 nitrogen and oxygen atoms in total. The van der Waals surface area contributed by atoms with Crippen LogP contribution in [0.1, 0.15) is 41.3 Å². The lowest BCUT2D eigenvalue weighted by atomic mass is 10.1. The van der Waals surface area contributed by atoms with E-state index in [1.54, 1.807) is 42.5 Å². The van der Waals surface area contributed by atoms with Crippen molar-refractivity contribution in [3.05, 3.63) is 98.6 Å². The van der Waals surface area contributed by atoms with Gasteiger partial charge >= 0.3 is 0 Å². The van der Waals surface area contributed by atoms with Crippen LogP contribution >= 0.6 is 27.5 Å². The minimum atomic E-state index is -0.457. The van der Waals surface area contributed by atoms with Crippen molar-refractivity contribution in [2.24, 2.45) is 0 Å². The van der Waals surface area contributed by atoms with Gasteiger partial charge in [-0.05, 0) is 79.1 Å². The van der Waals surface area contributed by atoms with Gasteiger partial charge in [-0.2, -0.15) is 0 Å². The maximum atomic E-state index is 13.1. The van der Waals surface area contributed by atoms with Crippen LogP contribution < -0.4 is 15.4 Å². The SMILES string of the molecule is CCCCOc1ccc(C(=O)N/C(=C\c2ccc(Br)cc2)C(=O)Nc2cc(Cl)ccc2C)cc1. The molecule has 0 bridgehead atoms. The first-order chi connectivity index (χ1) is 16.4. The number of nitrogens with one attached hydrogen (secondary N) is 2. The predicted octanol–water partition coefficient (Wildman–Crippen LogP) is 7.00. The molecule has 0 fully saturated rings. The van der Waals surface area contributed by atoms with Crippen LogP contribution in [0.2, 0.25) is 5.02 Å². The van der Waals surface area contributed by atoms with E-state index in [1.807, 2.05) is 37.3 Å². The first-order valence-corrected chi connectivity index (χ1v) is 12.1. The molecule has 0 aliphatic rings. The van der Waals surface area contributed by atoms with E-state index < -0.39 is 11.8 Å². The molecule has 7 heteroatoms. The molecule has 0 aliphatic heterocycles. The average Bonchev–Trinajstić information content (AvgIpc) is 2.83. The summed E-state index contributed by atoms with van der Waals surface area (Å²) in [7, 11) is 0. The minimum Gasteiger partial charge on any atom is -0.494 e. The molecule has 0 atom stereocenters. The summed E-state index contributed by atoms with van der Waals surface area (Å²) in [5.74, 6) is -0.160. The van der Waals surface area contributed by atoms with Crippen molar-refractivity contribution in [2.45, 2.75) is 26.7 Å². The Labute approximate surface area is 213 Å². The van der Waals surface area contributed by atoms with Crippen molar-refractivity contribution >= 4 is 51.1 Å². The van der Waals surface area contributed by atoms with Gasteiger partial charge in [0.25, 0.3) is 11.8 Å². The van der Waals surface area contributed by atoms with Gasteiger partial charge in [0.1, 0.15) is 11.4 Å². The van der Waals surface area contributed by atoms with Crippen LogP contribution in [0.25, 0.3) is 6.08 Å². The Kier molecular flexibility index (Phi) is 9.31. The molecule has 0 spiro atoms. The fraction of sp³-hybridized carbons (Fsp3) is 0.185. The van der Waals surface area contributed by atoms with E-state index in [0.717, 1.165) is 28.4 Å². The summed E-state index contributed by atoms with van der Waals surface area (Å²) in [5.41, 5.74) is 2.70. The molecule has 0 heterocycles. The van der Waals surface area contributed by atoms with E-state index in [4.69, 9.17) is 16.3 Å². The lowest BCUT2D eigenvalue weighted by Gasteiger charge is -2.13. The maximum absolute atomic E-state index is 13.1. The molecule has 2 N–H and O–H groups in total. The van der Waals surface area contributed by atoms with Crippen LogP contribution in [-0.4, -0.2) is 18.4 Å². The molecule has 0 radical (unpaired) electrons. The summed E-state index contributed by atoms with van der Waals surface area (Å²) in [5, 5.41) is 6.09. The largest absolute Gasteiger partial charge is 0.494 e. The zero-order valence-corrected chi connectivity index (χ0v) is 21.4. The fourth-order valence-electron chi connectivity index (χ4n) is 3.03. The third-order valence-electron chi connectivity index (χ3n) is 5.00. The van der Waals surface area contributed by atoms with E-state index >= 15 is 0 Å². The molecular formula is C27H26BrClN2O3. The highest BCUT2D eigenvalue weighted by molar-refractivity contribution is 9.10. The summed E-state index contributed by atoms with van der Waals surface area (Å²) in [6, 6.07) is 19.5. The molecule has 0 saturated carbocycles. The number of anilines is 1. The lowest BCUT2D eigenvalue weighted by molar-refractivity contribution is -0.113.